The summed E-state index contributed by atoms with van der Waals surface area (Å²) >= 11 is 0. The predicted molar refractivity (Wildman–Crippen MR) is 121 cm³/mol. The van der Waals surface area contributed by atoms with E-state index in [-0.39, 0.29) is 36.0 Å². The molecule has 2 N–H and O–H groups in total. The lowest BCUT2D eigenvalue weighted by atomic mass is 9.88. The third kappa shape index (κ3) is 3.54. The van der Waals surface area contributed by atoms with Crippen LogP contribution >= 0.6 is 0 Å². The fourth-order valence-electron chi connectivity index (χ4n) is 5.47. The first-order valence-electron chi connectivity index (χ1n) is 11.2. The van der Waals surface area contributed by atoms with E-state index >= 15 is 0 Å². The molecule has 6 nitrogen and oxygen atoms in total. The molecule has 2 aromatic rings. The van der Waals surface area contributed by atoms with Crippen LogP contribution in [-0.2, 0) is 11.3 Å². The summed E-state index contributed by atoms with van der Waals surface area (Å²) in [5.74, 6) is 0.355. The van der Waals surface area contributed by atoms with Crippen molar-refractivity contribution < 1.29 is 9.90 Å². The molecule has 5 rings (SSSR count). The van der Waals surface area contributed by atoms with Crippen LogP contribution in [0.25, 0.3) is 6.08 Å². The summed E-state index contributed by atoms with van der Waals surface area (Å²) in [5.41, 5.74) is 2.43. The number of nitrogens with one attached hydrogen (secondary N) is 1. The van der Waals surface area contributed by atoms with Crippen LogP contribution in [0.2, 0.25) is 0 Å². The van der Waals surface area contributed by atoms with Gasteiger partial charge in [0.25, 0.3) is 5.56 Å². The number of aliphatic hydroxyl groups excluding tert-OH is 1. The summed E-state index contributed by atoms with van der Waals surface area (Å²) in [6, 6.07) is 13.0. The third-order valence-corrected chi connectivity index (χ3v) is 7.04. The van der Waals surface area contributed by atoms with Gasteiger partial charge in [0.2, 0.25) is 5.91 Å². The Balaban J connectivity index is 1.52. The van der Waals surface area contributed by atoms with Crippen molar-refractivity contribution in [3.8, 4) is 0 Å². The number of aromatic nitrogens is 1. The first kappa shape index (κ1) is 20.2. The Bertz CT molecular complexity index is 1060. The molecule has 0 unspecified atom stereocenters. The molecule has 3 aliphatic rings. The van der Waals surface area contributed by atoms with E-state index in [1.807, 2.05) is 66.1 Å². The molecular weight excluding hydrogens is 390 g/mol. The van der Waals surface area contributed by atoms with Gasteiger partial charge in [-0.2, -0.15) is 0 Å². The number of benzene rings is 1. The highest BCUT2D eigenvalue weighted by atomic mass is 16.3. The largest absolute Gasteiger partial charge is 0.396 e. The number of anilines is 1. The highest BCUT2D eigenvalue weighted by Gasteiger charge is 2.56. The van der Waals surface area contributed by atoms with Crippen LogP contribution in [0.5, 0.6) is 0 Å². The molecule has 1 aliphatic carbocycles. The quantitative estimate of drug-likeness (QED) is 0.755. The van der Waals surface area contributed by atoms with Crippen LogP contribution in [0.4, 0.5) is 5.69 Å². The van der Waals surface area contributed by atoms with E-state index in [2.05, 4.69) is 10.2 Å². The van der Waals surface area contributed by atoms with Gasteiger partial charge in [-0.3, -0.25) is 14.5 Å². The lowest BCUT2D eigenvalue weighted by Crippen LogP contribution is -2.46. The summed E-state index contributed by atoms with van der Waals surface area (Å²) in [5, 5.41) is 13.4. The Labute approximate surface area is 182 Å². The maximum absolute atomic E-state index is 13.4. The Morgan fingerprint density at radius 2 is 1.97 bits per heavy atom. The van der Waals surface area contributed by atoms with Gasteiger partial charge < -0.3 is 15.0 Å². The average molecular weight is 420 g/mol. The molecule has 1 saturated carbocycles. The number of para-hydroxylation sites is 1. The minimum Gasteiger partial charge on any atom is -0.396 e. The molecule has 31 heavy (non-hydrogen) atoms. The highest BCUT2D eigenvalue weighted by Crippen LogP contribution is 2.50. The van der Waals surface area contributed by atoms with Crippen LogP contribution in [0, 0.1) is 17.8 Å². The zero-order valence-electron chi connectivity index (χ0n) is 17.8. The molecule has 6 heteroatoms. The molecule has 0 bridgehead atoms. The summed E-state index contributed by atoms with van der Waals surface area (Å²) in [4.78, 5) is 28.7. The van der Waals surface area contributed by atoms with Crippen molar-refractivity contribution in [2.45, 2.75) is 38.4 Å². The molecule has 4 atom stereocenters. The zero-order valence-corrected chi connectivity index (χ0v) is 17.8. The van der Waals surface area contributed by atoms with Crippen LogP contribution in [0.3, 0.4) is 0 Å². The van der Waals surface area contributed by atoms with E-state index in [1.54, 1.807) is 0 Å². The van der Waals surface area contributed by atoms with Crippen LogP contribution in [0.15, 0.2) is 53.3 Å². The zero-order chi connectivity index (χ0) is 21.5. The Morgan fingerprint density at radius 3 is 2.65 bits per heavy atom. The lowest BCUT2D eigenvalue weighted by Gasteiger charge is -2.30. The molecule has 0 radical (unpaired) electrons. The normalized spacial score (nSPS) is 27.4. The second-order valence-corrected chi connectivity index (χ2v) is 9.02. The SMILES string of the molecule is C/C=C\c1ccc2n(c1=O)C[C@H]1[C@H](CO)[C@@H](C(=O)Nc3ccccc3)N(CC3CC3)[C@@H]21. The van der Waals surface area contributed by atoms with Crippen molar-refractivity contribution in [3.63, 3.8) is 0 Å². The van der Waals surface area contributed by atoms with Crippen LogP contribution in [0.1, 0.15) is 37.1 Å². The summed E-state index contributed by atoms with van der Waals surface area (Å²) < 4.78 is 1.86. The highest BCUT2D eigenvalue weighted by molar-refractivity contribution is 5.95. The second kappa shape index (κ2) is 8.09. The number of fused-ring (bicyclic) bond motifs is 3. The monoisotopic (exact) mass is 419 g/mol. The van der Waals surface area contributed by atoms with Crippen molar-refractivity contribution in [2.24, 2.45) is 17.8 Å². The van der Waals surface area contributed by atoms with Crippen LogP contribution < -0.4 is 10.9 Å². The van der Waals surface area contributed by atoms with Gasteiger partial charge in [0.1, 0.15) is 0 Å². The number of amides is 1. The Kier molecular flexibility index (Phi) is 5.28. The topological polar surface area (TPSA) is 74.6 Å². The van der Waals surface area contributed by atoms with Crippen molar-refractivity contribution >= 4 is 17.7 Å². The van der Waals surface area contributed by atoms with Gasteiger partial charge in [0.05, 0.1) is 12.1 Å². The van der Waals surface area contributed by atoms with Gasteiger partial charge in [0.15, 0.2) is 0 Å². The van der Waals surface area contributed by atoms with Gasteiger partial charge >= 0.3 is 0 Å². The molecular formula is C25H29N3O3. The molecule has 1 saturated heterocycles. The summed E-state index contributed by atoms with van der Waals surface area (Å²) in [6.45, 7) is 3.21. The molecule has 1 aromatic carbocycles. The van der Waals surface area contributed by atoms with E-state index in [4.69, 9.17) is 0 Å². The number of allylic oxidation sites excluding steroid dienone is 1. The van der Waals surface area contributed by atoms with Crippen molar-refractivity contribution in [2.75, 3.05) is 18.5 Å². The number of hydrogen-bond acceptors (Lipinski definition) is 4. The molecule has 0 spiro atoms. The maximum atomic E-state index is 13.4. The summed E-state index contributed by atoms with van der Waals surface area (Å²) in [6.07, 6.45) is 6.07. The van der Waals surface area contributed by atoms with Gasteiger partial charge in [-0.25, -0.2) is 0 Å². The van der Waals surface area contributed by atoms with E-state index in [0.29, 0.717) is 18.0 Å². The fraction of sp³-hybridized carbons (Fsp3) is 0.440. The Hall–Kier alpha value is -2.70. The van der Waals surface area contributed by atoms with Crippen molar-refractivity contribution in [1.82, 2.24) is 9.47 Å². The number of rotatable bonds is 6. The molecule has 162 valence electrons. The third-order valence-electron chi connectivity index (χ3n) is 7.04. The van der Waals surface area contributed by atoms with Crippen molar-refractivity contribution in [1.29, 1.82) is 0 Å². The molecule has 3 heterocycles. The first-order chi connectivity index (χ1) is 15.1. The van der Waals surface area contributed by atoms with Gasteiger partial charge in [-0.1, -0.05) is 30.4 Å². The summed E-state index contributed by atoms with van der Waals surface area (Å²) in [7, 11) is 0. The van der Waals surface area contributed by atoms with Crippen LogP contribution in [-0.4, -0.2) is 39.7 Å². The van der Waals surface area contributed by atoms with Crippen molar-refractivity contribution in [3.05, 3.63) is 70.2 Å². The lowest BCUT2D eigenvalue weighted by molar-refractivity contribution is -0.122. The second-order valence-electron chi connectivity index (χ2n) is 9.02. The predicted octanol–water partition coefficient (Wildman–Crippen LogP) is 2.89. The van der Waals surface area contributed by atoms with E-state index in [1.165, 1.54) is 12.8 Å². The molecule has 2 aliphatic heterocycles. The van der Waals surface area contributed by atoms with E-state index in [0.717, 1.165) is 17.9 Å². The molecule has 1 aromatic heterocycles. The number of nitrogens with zero attached hydrogens (tertiary/aromatic N) is 2. The number of carbonyl (C=O) groups excluding carboxylic acids is 1. The Morgan fingerprint density at radius 1 is 1.19 bits per heavy atom. The van der Waals surface area contributed by atoms with E-state index < -0.39 is 6.04 Å². The maximum Gasteiger partial charge on any atom is 0.258 e. The average Bonchev–Trinajstić information content (AvgIpc) is 3.43. The molecule has 2 fully saturated rings. The minimum atomic E-state index is -0.403. The number of aliphatic hydroxyl groups is 1. The standard InChI is InChI=1S/C25H29N3O3/c1-2-6-17-11-12-21-22-19(14-27(21)25(17)31)20(15-29)23(28(22)13-16-9-10-16)24(30)26-18-7-4-3-5-8-18/h2-8,11-12,16,19-20,22-23,29H,9-10,13-15H2,1H3,(H,26,30)/b6-2-/t19-,20-,22+,23-/m0/s1. The van der Waals surface area contributed by atoms with Gasteiger partial charge in [-0.05, 0) is 49.9 Å². The van der Waals surface area contributed by atoms with Gasteiger partial charge in [-0.15, -0.1) is 0 Å². The smallest absolute Gasteiger partial charge is 0.258 e. The first-order valence-corrected chi connectivity index (χ1v) is 11.2. The fourth-order valence-corrected chi connectivity index (χ4v) is 5.47. The number of pyridine rings is 1. The van der Waals surface area contributed by atoms with Gasteiger partial charge in [0, 0.05) is 48.5 Å². The van der Waals surface area contributed by atoms with E-state index in [9.17, 15) is 14.7 Å². The number of carbonyl (C=O) groups is 1. The number of hydrogen-bond donors (Lipinski definition) is 2. The minimum absolute atomic E-state index is 0.0124. The number of likely N-dealkylation sites (tertiary alicyclic amines) is 1. The molecule has 1 amide bonds.